The summed E-state index contributed by atoms with van der Waals surface area (Å²) in [7, 11) is 0. The first-order valence-electron chi connectivity index (χ1n) is 6.39. The molecule has 1 heterocycles. The summed E-state index contributed by atoms with van der Waals surface area (Å²) in [6.45, 7) is 1.59. The van der Waals surface area contributed by atoms with Crippen LogP contribution in [0, 0.1) is 5.41 Å². The summed E-state index contributed by atoms with van der Waals surface area (Å²) in [6.07, 6.45) is 6.03. The first-order valence-corrected chi connectivity index (χ1v) is 6.39. The summed E-state index contributed by atoms with van der Waals surface area (Å²) in [6, 6.07) is 9.98. The monoisotopic (exact) mass is 245 g/mol. The highest BCUT2D eigenvalue weighted by Gasteiger charge is 2.38. The van der Waals surface area contributed by atoms with Gasteiger partial charge in [0.1, 0.15) is 0 Å². The first kappa shape index (κ1) is 12.8. The van der Waals surface area contributed by atoms with E-state index in [1.807, 2.05) is 42.5 Å². The predicted octanol–water partition coefficient (Wildman–Crippen LogP) is 2.54. The molecule has 1 fully saturated rings. The van der Waals surface area contributed by atoms with Gasteiger partial charge in [0.05, 0.1) is 5.41 Å². The molecule has 2 rings (SSSR count). The molecule has 0 bridgehead atoms. The smallest absolute Gasteiger partial charge is 0.310 e. The Labute approximate surface area is 108 Å². The second-order valence-corrected chi connectivity index (χ2v) is 4.85. The molecule has 3 heteroatoms. The zero-order valence-corrected chi connectivity index (χ0v) is 10.4. The molecule has 0 unspecified atom stereocenters. The molecule has 0 saturated carbocycles. The Morgan fingerprint density at radius 1 is 1.28 bits per heavy atom. The number of allylic oxidation sites excluding steroid dienone is 1. The third-order valence-corrected chi connectivity index (χ3v) is 3.63. The standard InChI is InChI=1S/C15H19NO2/c17-14(18)15(9-11-16-12-10-15)8-4-7-13-5-2-1-3-6-13/h1-7,16H,8-12H2,(H,17,18). The second-order valence-electron chi connectivity index (χ2n) is 4.85. The Bertz CT molecular complexity index is 419. The molecule has 0 amide bonds. The average molecular weight is 245 g/mol. The molecule has 1 aliphatic heterocycles. The second kappa shape index (κ2) is 5.83. The van der Waals surface area contributed by atoms with E-state index in [4.69, 9.17) is 0 Å². The number of carboxylic acids is 1. The van der Waals surface area contributed by atoms with Gasteiger partial charge in [-0.05, 0) is 37.9 Å². The number of rotatable bonds is 4. The van der Waals surface area contributed by atoms with Crippen molar-refractivity contribution in [1.29, 1.82) is 0 Å². The number of benzene rings is 1. The van der Waals surface area contributed by atoms with E-state index < -0.39 is 11.4 Å². The van der Waals surface area contributed by atoms with E-state index in [9.17, 15) is 9.90 Å². The quantitative estimate of drug-likeness (QED) is 0.857. The van der Waals surface area contributed by atoms with Gasteiger partial charge in [0, 0.05) is 0 Å². The van der Waals surface area contributed by atoms with E-state index in [0.717, 1.165) is 18.7 Å². The Hall–Kier alpha value is -1.61. The number of aliphatic carboxylic acids is 1. The van der Waals surface area contributed by atoms with Gasteiger partial charge >= 0.3 is 5.97 Å². The number of piperidine rings is 1. The lowest BCUT2D eigenvalue weighted by Crippen LogP contribution is -2.41. The van der Waals surface area contributed by atoms with Crippen LogP contribution in [-0.2, 0) is 4.79 Å². The normalized spacial score (nSPS) is 18.9. The van der Waals surface area contributed by atoms with Crippen LogP contribution in [0.4, 0.5) is 0 Å². The van der Waals surface area contributed by atoms with Crippen LogP contribution in [0.25, 0.3) is 6.08 Å². The van der Waals surface area contributed by atoms with Crippen molar-refractivity contribution in [3.05, 3.63) is 42.0 Å². The van der Waals surface area contributed by atoms with Gasteiger partial charge in [0.2, 0.25) is 0 Å². The third kappa shape index (κ3) is 2.99. The molecule has 1 aliphatic rings. The van der Waals surface area contributed by atoms with Gasteiger partial charge in [-0.25, -0.2) is 0 Å². The van der Waals surface area contributed by atoms with Crippen LogP contribution in [0.1, 0.15) is 24.8 Å². The zero-order chi connectivity index (χ0) is 12.8. The lowest BCUT2D eigenvalue weighted by molar-refractivity contribution is -0.150. The molecule has 0 radical (unpaired) electrons. The molecular formula is C15H19NO2. The highest BCUT2D eigenvalue weighted by atomic mass is 16.4. The van der Waals surface area contributed by atoms with Crippen LogP contribution in [-0.4, -0.2) is 24.2 Å². The van der Waals surface area contributed by atoms with Crippen molar-refractivity contribution in [2.45, 2.75) is 19.3 Å². The predicted molar refractivity (Wildman–Crippen MR) is 72.3 cm³/mol. The number of nitrogens with one attached hydrogen (secondary N) is 1. The van der Waals surface area contributed by atoms with Crippen LogP contribution in [0.2, 0.25) is 0 Å². The summed E-state index contributed by atoms with van der Waals surface area (Å²) in [4.78, 5) is 11.5. The Balaban J connectivity index is 2.02. The minimum Gasteiger partial charge on any atom is -0.481 e. The van der Waals surface area contributed by atoms with Crippen molar-refractivity contribution in [1.82, 2.24) is 5.32 Å². The van der Waals surface area contributed by atoms with E-state index in [1.54, 1.807) is 0 Å². The maximum atomic E-state index is 11.5. The van der Waals surface area contributed by atoms with Crippen molar-refractivity contribution in [2.24, 2.45) is 5.41 Å². The van der Waals surface area contributed by atoms with Crippen molar-refractivity contribution in [3.63, 3.8) is 0 Å². The molecular weight excluding hydrogens is 226 g/mol. The minimum atomic E-state index is -0.665. The van der Waals surface area contributed by atoms with Crippen LogP contribution in [0.15, 0.2) is 36.4 Å². The van der Waals surface area contributed by atoms with Crippen molar-refractivity contribution in [2.75, 3.05) is 13.1 Å². The summed E-state index contributed by atoms with van der Waals surface area (Å²) in [5, 5.41) is 12.6. The van der Waals surface area contributed by atoms with E-state index in [2.05, 4.69) is 5.32 Å². The Morgan fingerprint density at radius 3 is 2.56 bits per heavy atom. The van der Waals surface area contributed by atoms with Crippen LogP contribution in [0.5, 0.6) is 0 Å². The molecule has 1 saturated heterocycles. The average Bonchev–Trinajstić information content (AvgIpc) is 2.41. The molecule has 0 aliphatic carbocycles. The van der Waals surface area contributed by atoms with Crippen molar-refractivity contribution >= 4 is 12.0 Å². The van der Waals surface area contributed by atoms with Gasteiger partial charge in [-0.2, -0.15) is 0 Å². The lowest BCUT2D eigenvalue weighted by atomic mass is 9.76. The molecule has 1 aromatic rings. The fraction of sp³-hybridized carbons (Fsp3) is 0.400. The molecule has 0 atom stereocenters. The molecule has 0 spiro atoms. The SMILES string of the molecule is O=C(O)C1(CC=Cc2ccccc2)CCNCC1. The lowest BCUT2D eigenvalue weighted by Gasteiger charge is -2.32. The third-order valence-electron chi connectivity index (χ3n) is 3.63. The van der Waals surface area contributed by atoms with E-state index in [-0.39, 0.29) is 0 Å². The highest BCUT2D eigenvalue weighted by molar-refractivity contribution is 5.75. The molecule has 1 aromatic carbocycles. The van der Waals surface area contributed by atoms with Gasteiger partial charge in [-0.1, -0.05) is 42.5 Å². The molecule has 18 heavy (non-hydrogen) atoms. The maximum absolute atomic E-state index is 11.5. The Kier molecular flexibility index (Phi) is 4.15. The molecule has 0 aromatic heterocycles. The molecule has 2 N–H and O–H groups in total. The van der Waals surface area contributed by atoms with Gasteiger partial charge < -0.3 is 10.4 Å². The fourth-order valence-electron chi connectivity index (χ4n) is 2.40. The minimum absolute atomic E-state index is 0.573. The number of hydrogen-bond acceptors (Lipinski definition) is 2. The topological polar surface area (TPSA) is 49.3 Å². The van der Waals surface area contributed by atoms with Crippen LogP contribution < -0.4 is 5.32 Å². The number of carbonyl (C=O) groups is 1. The number of hydrogen-bond donors (Lipinski definition) is 2. The maximum Gasteiger partial charge on any atom is 0.310 e. The fourth-order valence-corrected chi connectivity index (χ4v) is 2.40. The molecule has 96 valence electrons. The van der Waals surface area contributed by atoms with Crippen molar-refractivity contribution < 1.29 is 9.90 Å². The summed E-state index contributed by atoms with van der Waals surface area (Å²) in [5.41, 5.74) is 0.545. The zero-order valence-electron chi connectivity index (χ0n) is 10.4. The van der Waals surface area contributed by atoms with Gasteiger partial charge in [-0.3, -0.25) is 4.79 Å². The van der Waals surface area contributed by atoms with E-state index in [1.165, 1.54) is 0 Å². The van der Waals surface area contributed by atoms with Crippen LogP contribution in [0.3, 0.4) is 0 Å². The largest absolute Gasteiger partial charge is 0.481 e. The molecule has 3 nitrogen and oxygen atoms in total. The van der Waals surface area contributed by atoms with Crippen molar-refractivity contribution in [3.8, 4) is 0 Å². The van der Waals surface area contributed by atoms with Gasteiger partial charge in [0.25, 0.3) is 0 Å². The summed E-state index contributed by atoms with van der Waals surface area (Å²) >= 11 is 0. The van der Waals surface area contributed by atoms with E-state index in [0.29, 0.717) is 19.3 Å². The first-order chi connectivity index (χ1) is 8.73. The van der Waals surface area contributed by atoms with Gasteiger partial charge in [0.15, 0.2) is 0 Å². The highest BCUT2D eigenvalue weighted by Crippen LogP contribution is 2.33. The van der Waals surface area contributed by atoms with E-state index >= 15 is 0 Å². The Morgan fingerprint density at radius 2 is 1.94 bits per heavy atom. The van der Waals surface area contributed by atoms with Crippen LogP contribution >= 0.6 is 0 Å². The summed E-state index contributed by atoms with van der Waals surface area (Å²) in [5.74, 6) is -0.665. The van der Waals surface area contributed by atoms with Gasteiger partial charge in [-0.15, -0.1) is 0 Å². The number of carboxylic acid groups (broad SMARTS) is 1. The summed E-state index contributed by atoms with van der Waals surface area (Å²) < 4.78 is 0.